The number of para-hydroxylation sites is 2. The van der Waals surface area contributed by atoms with E-state index in [1.165, 1.54) is 5.56 Å². The molecule has 1 unspecified atom stereocenters. The van der Waals surface area contributed by atoms with E-state index < -0.39 is 0 Å². The van der Waals surface area contributed by atoms with Gasteiger partial charge in [0.15, 0.2) is 11.5 Å². The first-order valence-corrected chi connectivity index (χ1v) is 12.6. The van der Waals surface area contributed by atoms with Crippen molar-refractivity contribution in [3.63, 3.8) is 0 Å². The summed E-state index contributed by atoms with van der Waals surface area (Å²) in [6.45, 7) is 7.95. The minimum Gasteiger partial charge on any atom is -0.486 e. The molecule has 2 fully saturated rings. The van der Waals surface area contributed by atoms with Gasteiger partial charge >= 0.3 is 0 Å². The van der Waals surface area contributed by atoms with Gasteiger partial charge in [0.2, 0.25) is 0 Å². The first-order valence-electron chi connectivity index (χ1n) is 12.6. The maximum atomic E-state index is 13.3. The Balaban J connectivity index is 0.00000274. The van der Waals surface area contributed by atoms with Crippen molar-refractivity contribution in [1.29, 1.82) is 0 Å². The number of ether oxygens (including phenoxy) is 2. The van der Waals surface area contributed by atoms with Gasteiger partial charge in [0.05, 0.1) is 0 Å². The zero-order valence-corrected chi connectivity index (χ0v) is 21.1. The molecule has 184 valence electrons. The van der Waals surface area contributed by atoms with Crippen molar-refractivity contribution in [2.24, 2.45) is 5.92 Å². The minimum absolute atomic E-state index is 0. The maximum absolute atomic E-state index is 13.3. The van der Waals surface area contributed by atoms with E-state index in [9.17, 15) is 4.79 Å². The van der Waals surface area contributed by atoms with Gasteiger partial charge in [-0.25, -0.2) is 0 Å². The molecule has 2 aromatic carbocycles. The quantitative estimate of drug-likeness (QED) is 0.531. The van der Waals surface area contributed by atoms with E-state index in [1.54, 1.807) is 0 Å². The lowest BCUT2D eigenvalue weighted by Gasteiger charge is -2.41. The lowest BCUT2D eigenvalue weighted by atomic mass is 9.89. The number of nitrogens with zero attached hydrogens (tertiary/aromatic N) is 2. The molecule has 5 nitrogen and oxygen atoms in total. The van der Waals surface area contributed by atoms with Crippen LogP contribution < -0.4 is 9.47 Å². The number of halogens is 1. The molecule has 5 rings (SSSR count). The number of piperidine rings is 1. The van der Waals surface area contributed by atoms with E-state index >= 15 is 0 Å². The minimum atomic E-state index is 0. The van der Waals surface area contributed by atoms with E-state index in [-0.39, 0.29) is 24.4 Å². The van der Waals surface area contributed by atoms with Crippen LogP contribution in [0.15, 0.2) is 48.5 Å². The van der Waals surface area contributed by atoms with E-state index in [1.807, 2.05) is 48.5 Å². The van der Waals surface area contributed by atoms with E-state index in [4.69, 9.17) is 9.47 Å². The van der Waals surface area contributed by atoms with Crippen LogP contribution in [0.2, 0.25) is 0 Å². The molecule has 6 heteroatoms. The summed E-state index contributed by atoms with van der Waals surface area (Å²) >= 11 is 0. The second-order valence-electron chi connectivity index (χ2n) is 10.1. The van der Waals surface area contributed by atoms with Crippen LogP contribution in [0.4, 0.5) is 0 Å². The zero-order valence-electron chi connectivity index (χ0n) is 20.3. The van der Waals surface area contributed by atoms with Crippen molar-refractivity contribution < 1.29 is 14.3 Å². The van der Waals surface area contributed by atoms with Gasteiger partial charge in [0.1, 0.15) is 12.7 Å². The number of hydrogen-bond acceptors (Lipinski definition) is 4. The second-order valence-corrected chi connectivity index (χ2v) is 10.1. The maximum Gasteiger partial charge on any atom is 0.254 e. The summed E-state index contributed by atoms with van der Waals surface area (Å²) < 4.78 is 12.2. The van der Waals surface area contributed by atoms with Crippen LogP contribution in [0.1, 0.15) is 54.9 Å². The molecular weight excluding hydrogens is 448 g/mol. The van der Waals surface area contributed by atoms with Gasteiger partial charge in [-0.3, -0.25) is 9.69 Å². The van der Waals surface area contributed by atoms with Crippen molar-refractivity contribution in [2.75, 3.05) is 26.2 Å². The average Bonchev–Trinajstić information content (AvgIpc) is 3.09. The highest BCUT2D eigenvalue weighted by Crippen LogP contribution is 2.40. The lowest BCUT2D eigenvalue weighted by Crippen LogP contribution is -2.49. The summed E-state index contributed by atoms with van der Waals surface area (Å²) in [5, 5.41) is 0. The number of rotatable bonds is 7. The number of carbonyl (C=O) groups excluding carboxylic acids is 1. The Bertz CT molecular complexity index is 952. The van der Waals surface area contributed by atoms with Gasteiger partial charge < -0.3 is 14.4 Å². The standard InChI is InChI=1S/C28H36N2O3.ClH/c1-3-14-29(18-25-19-32-26-6-4-5-7-27(26)33-25)17-21-15-23-12-13-24(16-21)30(23)28(31)22-10-8-20(2)9-11-22;/h4-11,21,23-25H,3,12-19H2,1-2H3;1H/t21-,23-,24+,25?;. The van der Waals surface area contributed by atoms with Crippen LogP contribution in [0.3, 0.4) is 0 Å². The molecule has 3 heterocycles. The van der Waals surface area contributed by atoms with Gasteiger partial charge in [0.25, 0.3) is 5.91 Å². The van der Waals surface area contributed by atoms with Crippen LogP contribution in [0.25, 0.3) is 0 Å². The summed E-state index contributed by atoms with van der Waals surface area (Å²) in [5.41, 5.74) is 2.03. The predicted molar refractivity (Wildman–Crippen MR) is 137 cm³/mol. The Labute approximate surface area is 209 Å². The molecule has 0 aromatic heterocycles. The van der Waals surface area contributed by atoms with Crippen molar-refractivity contribution in [2.45, 2.75) is 64.1 Å². The third-order valence-corrected chi connectivity index (χ3v) is 7.45. The Morgan fingerprint density at radius 3 is 2.35 bits per heavy atom. The Morgan fingerprint density at radius 2 is 1.68 bits per heavy atom. The normalized spacial score (nSPS) is 25.2. The first kappa shape index (κ1) is 24.9. The number of fused-ring (bicyclic) bond motifs is 3. The second kappa shape index (κ2) is 11.0. The molecule has 2 bridgehead atoms. The van der Waals surface area contributed by atoms with Crippen LogP contribution in [0.5, 0.6) is 11.5 Å². The summed E-state index contributed by atoms with van der Waals surface area (Å²) in [4.78, 5) is 18.0. The molecule has 0 saturated carbocycles. The van der Waals surface area contributed by atoms with E-state index in [0.29, 0.717) is 24.6 Å². The Morgan fingerprint density at radius 1 is 1.00 bits per heavy atom. The largest absolute Gasteiger partial charge is 0.486 e. The monoisotopic (exact) mass is 484 g/mol. The topological polar surface area (TPSA) is 42.0 Å². The third kappa shape index (κ3) is 5.36. The molecule has 2 saturated heterocycles. The van der Waals surface area contributed by atoms with Crippen molar-refractivity contribution in [3.8, 4) is 11.5 Å². The predicted octanol–water partition coefficient (Wildman–Crippen LogP) is 5.35. The molecule has 2 aromatic rings. The molecular formula is C28H37ClN2O3. The highest BCUT2D eigenvalue weighted by Gasteiger charge is 2.43. The van der Waals surface area contributed by atoms with E-state index in [2.05, 4.69) is 23.6 Å². The van der Waals surface area contributed by atoms with Crippen molar-refractivity contribution >= 4 is 18.3 Å². The molecule has 4 atom stereocenters. The Hall–Kier alpha value is -2.24. The van der Waals surface area contributed by atoms with Gasteiger partial charge in [-0.05, 0) is 75.8 Å². The van der Waals surface area contributed by atoms with Crippen LogP contribution >= 0.6 is 12.4 Å². The summed E-state index contributed by atoms with van der Waals surface area (Å²) in [6, 6.07) is 16.7. The fourth-order valence-corrected chi connectivity index (χ4v) is 6.00. The number of carbonyl (C=O) groups is 1. The highest BCUT2D eigenvalue weighted by molar-refractivity contribution is 5.95. The summed E-state index contributed by atoms with van der Waals surface area (Å²) in [5.74, 6) is 2.55. The van der Waals surface area contributed by atoms with Crippen LogP contribution in [-0.4, -0.2) is 60.1 Å². The van der Waals surface area contributed by atoms with E-state index in [0.717, 1.165) is 68.8 Å². The molecule has 1 amide bonds. The third-order valence-electron chi connectivity index (χ3n) is 7.45. The van der Waals surface area contributed by atoms with Gasteiger partial charge in [-0.2, -0.15) is 0 Å². The Kier molecular flexibility index (Phi) is 8.05. The molecule has 3 aliphatic rings. The SMILES string of the molecule is CCCN(CC1COc2ccccc2O1)C[C@@H]1C[C@H]2CC[C@@H](C1)N2C(=O)c1ccc(C)cc1.Cl. The number of benzene rings is 2. The molecule has 0 radical (unpaired) electrons. The molecule has 0 N–H and O–H groups in total. The zero-order chi connectivity index (χ0) is 22.8. The van der Waals surface area contributed by atoms with Gasteiger partial charge in [-0.1, -0.05) is 36.8 Å². The number of aryl methyl sites for hydroxylation is 1. The molecule has 3 aliphatic heterocycles. The first-order chi connectivity index (χ1) is 16.1. The van der Waals surface area contributed by atoms with Crippen LogP contribution in [0, 0.1) is 12.8 Å². The van der Waals surface area contributed by atoms with Crippen molar-refractivity contribution in [3.05, 3.63) is 59.7 Å². The fraction of sp³-hybridized carbons (Fsp3) is 0.536. The summed E-state index contributed by atoms with van der Waals surface area (Å²) in [6.07, 6.45) is 5.69. The highest BCUT2D eigenvalue weighted by atomic mass is 35.5. The lowest BCUT2D eigenvalue weighted by molar-refractivity contribution is 0.0355. The summed E-state index contributed by atoms with van der Waals surface area (Å²) in [7, 11) is 0. The van der Waals surface area contributed by atoms with Crippen LogP contribution in [-0.2, 0) is 0 Å². The van der Waals surface area contributed by atoms with Crippen molar-refractivity contribution in [1.82, 2.24) is 9.80 Å². The molecule has 34 heavy (non-hydrogen) atoms. The number of amides is 1. The molecule has 0 aliphatic carbocycles. The smallest absolute Gasteiger partial charge is 0.254 e. The van der Waals surface area contributed by atoms with Gasteiger partial charge in [-0.15, -0.1) is 12.4 Å². The van der Waals surface area contributed by atoms with Gasteiger partial charge in [0, 0.05) is 30.7 Å². The fourth-order valence-electron chi connectivity index (χ4n) is 6.00. The molecule has 0 spiro atoms. The average molecular weight is 485 g/mol. The number of hydrogen-bond donors (Lipinski definition) is 0.